The summed E-state index contributed by atoms with van der Waals surface area (Å²) in [5.41, 5.74) is 1.30. The molecule has 2 N–H and O–H groups in total. The number of nitrogens with zero attached hydrogens (tertiary/aromatic N) is 2. The fourth-order valence-corrected chi connectivity index (χ4v) is 2.66. The van der Waals surface area contributed by atoms with Gasteiger partial charge in [0.05, 0.1) is 10.4 Å². The standard InChI is InChI=1S/C18H15BrN4O3/c19-14-4-1-12(2-5-14)18(24)21-10-9-20-17-8-3-13-11-15(23(25)26)6-7-16(13)22-17/h1-8,11H,9-10H2,(H,20,22)(H,21,24). The first kappa shape index (κ1) is 17.8. The average molecular weight is 415 g/mol. The molecule has 0 saturated heterocycles. The maximum atomic E-state index is 12.0. The Bertz CT molecular complexity index is 960. The van der Waals surface area contributed by atoms with E-state index in [9.17, 15) is 14.9 Å². The Hall–Kier alpha value is -3.00. The van der Waals surface area contributed by atoms with Crippen LogP contribution < -0.4 is 10.6 Å². The molecule has 0 radical (unpaired) electrons. The van der Waals surface area contributed by atoms with Crippen molar-refractivity contribution >= 4 is 44.2 Å². The van der Waals surface area contributed by atoms with Crippen molar-refractivity contribution in [3.8, 4) is 0 Å². The molecule has 1 aromatic heterocycles. The molecular formula is C18H15BrN4O3. The van der Waals surface area contributed by atoms with E-state index in [1.54, 1.807) is 30.3 Å². The van der Waals surface area contributed by atoms with E-state index in [4.69, 9.17) is 0 Å². The molecule has 0 aliphatic rings. The number of benzene rings is 2. The number of hydrogen-bond donors (Lipinski definition) is 2. The van der Waals surface area contributed by atoms with Gasteiger partial charge in [-0.25, -0.2) is 4.98 Å². The maximum absolute atomic E-state index is 12.0. The van der Waals surface area contributed by atoms with E-state index in [1.807, 2.05) is 12.1 Å². The number of aromatic nitrogens is 1. The van der Waals surface area contributed by atoms with Crippen molar-refractivity contribution in [2.45, 2.75) is 0 Å². The Morgan fingerprint density at radius 1 is 1.08 bits per heavy atom. The second-order valence-corrected chi connectivity index (χ2v) is 6.44. The van der Waals surface area contributed by atoms with Crippen LogP contribution in [0.1, 0.15) is 10.4 Å². The van der Waals surface area contributed by atoms with Crippen LogP contribution in [-0.4, -0.2) is 28.9 Å². The van der Waals surface area contributed by atoms with Gasteiger partial charge in [0.1, 0.15) is 5.82 Å². The number of fused-ring (bicyclic) bond motifs is 1. The summed E-state index contributed by atoms with van der Waals surface area (Å²) in [6.45, 7) is 0.947. The van der Waals surface area contributed by atoms with E-state index in [0.717, 1.165) is 4.47 Å². The van der Waals surface area contributed by atoms with Gasteiger partial charge in [-0.05, 0) is 42.5 Å². The number of hydrogen-bond acceptors (Lipinski definition) is 5. The second kappa shape index (κ2) is 7.92. The zero-order valence-corrected chi connectivity index (χ0v) is 15.2. The quantitative estimate of drug-likeness (QED) is 0.363. The highest BCUT2D eigenvalue weighted by Crippen LogP contribution is 2.20. The van der Waals surface area contributed by atoms with Crippen LogP contribution in [0, 0.1) is 10.1 Å². The van der Waals surface area contributed by atoms with Crippen molar-refractivity contribution in [2.24, 2.45) is 0 Å². The summed E-state index contributed by atoms with van der Waals surface area (Å²) in [6.07, 6.45) is 0. The first-order valence-corrected chi connectivity index (χ1v) is 8.65. The number of halogens is 1. The molecule has 132 valence electrons. The van der Waals surface area contributed by atoms with Crippen LogP contribution in [0.25, 0.3) is 10.9 Å². The summed E-state index contributed by atoms with van der Waals surface area (Å²) in [4.78, 5) is 26.8. The van der Waals surface area contributed by atoms with Crippen molar-refractivity contribution in [1.29, 1.82) is 0 Å². The molecular weight excluding hydrogens is 400 g/mol. The molecule has 0 spiro atoms. The largest absolute Gasteiger partial charge is 0.368 e. The Morgan fingerprint density at radius 2 is 1.85 bits per heavy atom. The molecule has 1 amide bonds. The minimum atomic E-state index is -0.431. The minimum Gasteiger partial charge on any atom is -0.368 e. The first-order valence-electron chi connectivity index (χ1n) is 7.86. The van der Waals surface area contributed by atoms with E-state index < -0.39 is 4.92 Å². The fourth-order valence-electron chi connectivity index (χ4n) is 2.39. The highest BCUT2D eigenvalue weighted by molar-refractivity contribution is 9.10. The number of carbonyl (C=O) groups is 1. The SMILES string of the molecule is O=C(NCCNc1ccc2cc([N+](=O)[O-])ccc2n1)c1ccc(Br)cc1. The topological polar surface area (TPSA) is 97.2 Å². The van der Waals surface area contributed by atoms with Crippen LogP contribution in [0.4, 0.5) is 11.5 Å². The number of pyridine rings is 1. The van der Waals surface area contributed by atoms with Gasteiger partial charge in [0.25, 0.3) is 11.6 Å². The van der Waals surface area contributed by atoms with Crippen LogP contribution in [0.15, 0.2) is 59.1 Å². The van der Waals surface area contributed by atoms with Crippen LogP contribution >= 0.6 is 15.9 Å². The average Bonchev–Trinajstić information content (AvgIpc) is 2.65. The lowest BCUT2D eigenvalue weighted by Crippen LogP contribution is -2.28. The Labute approximate surface area is 157 Å². The third-order valence-electron chi connectivity index (χ3n) is 3.71. The maximum Gasteiger partial charge on any atom is 0.270 e. The van der Waals surface area contributed by atoms with E-state index >= 15 is 0 Å². The van der Waals surface area contributed by atoms with Crippen LogP contribution in [-0.2, 0) is 0 Å². The van der Waals surface area contributed by atoms with Gasteiger partial charge in [-0.2, -0.15) is 0 Å². The highest BCUT2D eigenvalue weighted by Gasteiger charge is 2.07. The minimum absolute atomic E-state index is 0.0377. The molecule has 0 aliphatic carbocycles. The summed E-state index contributed by atoms with van der Waals surface area (Å²) in [6, 6.07) is 15.2. The molecule has 3 rings (SSSR count). The predicted octanol–water partition coefficient (Wildman–Crippen LogP) is 3.75. The number of nitro benzene ring substituents is 1. The van der Waals surface area contributed by atoms with E-state index in [2.05, 4.69) is 31.5 Å². The van der Waals surface area contributed by atoms with Gasteiger partial charge in [-0.3, -0.25) is 14.9 Å². The number of anilines is 1. The molecule has 8 heteroatoms. The highest BCUT2D eigenvalue weighted by atomic mass is 79.9. The predicted molar refractivity (Wildman–Crippen MR) is 103 cm³/mol. The summed E-state index contributed by atoms with van der Waals surface area (Å²) < 4.78 is 0.920. The van der Waals surface area contributed by atoms with Crippen molar-refractivity contribution in [1.82, 2.24) is 10.3 Å². The summed E-state index contributed by atoms with van der Waals surface area (Å²) in [7, 11) is 0. The Morgan fingerprint density at radius 3 is 2.58 bits per heavy atom. The van der Waals surface area contributed by atoms with Crippen molar-refractivity contribution in [3.05, 3.63) is 74.7 Å². The number of rotatable bonds is 6. The molecule has 3 aromatic rings. The zero-order valence-electron chi connectivity index (χ0n) is 13.6. The van der Waals surface area contributed by atoms with Crippen molar-refractivity contribution < 1.29 is 9.72 Å². The summed E-state index contributed by atoms with van der Waals surface area (Å²) >= 11 is 3.33. The third-order valence-corrected chi connectivity index (χ3v) is 4.24. The van der Waals surface area contributed by atoms with Crippen molar-refractivity contribution in [3.63, 3.8) is 0 Å². The number of carbonyl (C=O) groups excluding carboxylic acids is 1. The normalized spacial score (nSPS) is 10.5. The molecule has 1 heterocycles. The molecule has 0 atom stereocenters. The van der Waals surface area contributed by atoms with Crippen LogP contribution in [0.5, 0.6) is 0 Å². The molecule has 0 saturated carbocycles. The monoisotopic (exact) mass is 414 g/mol. The number of amides is 1. The van der Waals surface area contributed by atoms with Gasteiger partial charge in [-0.1, -0.05) is 15.9 Å². The summed E-state index contributed by atoms with van der Waals surface area (Å²) in [5.74, 6) is 0.502. The fraction of sp³-hybridized carbons (Fsp3) is 0.111. The lowest BCUT2D eigenvalue weighted by molar-refractivity contribution is -0.384. The van der Waals surface area contributed by atoms with E-state index in [0.29, 0.717) is 35.4 Å². The van der Waals surface area contributed by atoms with Gasteiger partial charge in [-0.15, -0.1) is 0 Å². The van der Waals surface area contributed by atoms with E-state index in [1.165, 1.54) is 12.1 Å². The first-order chi connectivity index (χ1) is 12.5. The molecule has 0 aliphatic heterocycles. The number of nitrogens with one attached hydrogen (secondary N) is 2. The van der Waals surface area contributed by atoms with E-state index in [-0.39, 0.29) is 11.6 Å². The van der Waals surface area contributed by atoms with Gasteiger partial charge in [0.2, 0.25) is 0 Å². The molecule has 0 bridgehead atoms. The molecule has 0 fully saturated rings. The third kappa shape index (κ3) is 4.34. The Balaban J connectivity index is 1.54. The van der Waals surface area contributed by atoms with Crippen molar-refractivity contribution in [2.75, 3.05) is 18.4 Å². The number of nitro groups is 1. The number of non-ortho nitro benzene ring substituents is 1. The molecule has 0 unspecified atom stereocenters. The second-order valence-electron chi connectivity index (χ2n) is 5.52. The van der Waals surface area contributed by atoms with Crippen LogP contribution in [0.3, 0.4) is 0 Å². The Kier molecular flexibility index (Phi) is 5.43. The summed E-state index contributed by atoms with van der Waals surface area (Å²) in [5, 5.41) is 17.4. The zero-order chi connectivity index (χ0) is 18.5. The van der Waals surface area contributed by atoms with Crippen LogP contribution in [0.2, 0.25) is 0 Å². The lowest BCUT2D eigenvalue weighted by atomic mass is 10.2. The molecule has 26 heavy (non-hydrogen) atoms. The van der Waals surface area contributed by atoms with Gasteiger partial charge < -0.3 is 10.6 Å². The molecule has 2 aromatic carbocycles. The lowest BCUT2D eigenvalue weighted by Gasteiger charge is -2.08. The van der Waals surface area contributed by atoms with Gasteiger partial charge in [0, 0.05) is 40.6 Å². The van der Waals surface area contributed by atoms with Gasteiger partial charge >= 0.3 is 0 Å². The molecule has 7 nitrogen and oxygen atoms in total. The van der Waals surface area contributed by atoms with Gasteiger partial charge in [0.15, 0.2) is 0 Å². The smallest absolute Gasteiger partial charge is 0.270 e.